The number of carbonyl (C=O) groups is 1. The van der Waals surface area contributed by atoms with E-state index < -0.39 is 0 Å². The Balaban J connectivity index is 1.66. The summed E-state index contributed by atoms with van der Waals surface area (Å²) in [4.78, 5) is 32.8. The third-order valence-corrected chi connectivity index (χ3v) is 3.91. The largest absolute Gasteiger partial charge is 0.339 e. The molecule has 1 aromatic carbocycles. The molecule has 2 aromatic heterocycles. The first-order chi connectivity index (χ1) is 12.2. The van der Waals surface area contributed by atoms with Crippen molar-refractivity contribution in [1.29, 1.82) is 0 Å². The van der Waals surface area contributed by atoms with Crippen LogP contribution in [0.15, 0.2) is 33.8 Å². The number of fused-ring (bicyclic) bond motifs is 1. The summed E-state index contributed by atoms with van der Waals surface area (Å²) in [6.45, 7) is 5.98. The van der Waals surface area contributed by atoms with Gasteiger partial charge in [-0.3, -0.25) is 9.59 Å². The molecular formula is C18H21N5O3. The second-order valence-electron chi connectivity index (χ2n) is 7.20. The van der Waals surface area contributed by atoms with Gasteiger partial charge >= 0.3 is 0 Å². The number of aryl methyl sites for hydroxylation is 2. The van der Waals surface area contributed by atoms with E-state index in [2.05, 4.69) is 20.4 Å². The first kappa shape index (κ1) is 17.8. The second-order valence-corrected chi connectivity index (χ2v) is 7.20. The number of hydrogen-bond acceptors (Lipinski definition) is 6. The molecule has 0 radical (unpaired) electrons. The molecule has 3 rings (SSSR count). The molecule has 2 heterocycles. The smallest absolute Gasteiger partial charge is 0.260 e. The van der Waals surface area contributed by atoms with Gasteiger partial charge in [-0.25, -0.2) is 4.98 Å². The van der Waals surface area contributed by atoms with Gasteiger partial charge in [0.2, 0.25) is 11.8 Å². The van der Waals surface area contributed by atoms with Crippen molar-refractivity contribution in [1.82, 2.24) is 19.7 Å². The highest BCUT2D eigenvalue weighted by Gasteiger charge is 2.21. The molecule has 1 amide bonds. The molecule has 3 aromatic rings. The van der Waals surface area contributed by atoms with Crippen LogP contribution < -0.4 is 10.9 Å². The first-order valence-electron chi connectivity index (χ1n) is 8.32. The highest BCUT2D eigenvalue weighted by atomic mass is 16.5. The van der Waals surface area contributed by atoms with E-state index in [4.69, 9.17) is 4.52 Å². The van der Waals surface area contributed by atoms with Crippen LogP contribution in [0.4, 0.5) is 5.69 Å². The van der Waals surface area contributed by atoms with Gasteiger partial charge in [0, 0.05) is 31.0 Å². The third kappa shape index (κ3) is 3.79. The minimum Gasteiger partial charge on any atom is -0.339 e. The third-order valence-electron chi connectivity index (χ3n) is 3.91. The molecule has 0 spiro atoms. The average Bonchev–Trinajstić information content (AvgIpc) is 3.06. The molecule has 1 N–H and O–H groups in total. The Bertz CT molecular complexity index is 1010. The Hall–Kier alpha value is -3.03. The molecular weight excluding hydrogens is 334 g/mol. The molecule has 0 bridgehead atoms. The minimum absolute atomic E-state index is 0.160. The lowest BCUT2D eigenvalue weighted by Crippen LogP contribution is -2.17. The van der Waals surface area contributed by atoms with Gasteiger partial charge in [0.05, 0.1) is 17.2 Å². The van der Waals surface area contributed by atoms with Gasteiger partial charge in [0.15, 0.2) is 5.82 Å². The summed E-state index contributed by atoms with van der Waals surface area (Å²) < 4.78 is 6.58. The van der Waals surface area contributed by atoms with Crippen LogP contribution in [0.3, 0.4) is 0 Å². The van der Waals surface area contributed by atoms with Crippen molar-refractivity contribution in [3.63, 3.8) is 0 Å². The van der Waals surface area contributed by atoms with Crippen molar-refractivity contribution in [3.05, 3.63) is 46.6 Å². The van der Waals surface area contributed by atoms with Crippen LogP contribution in [0.2, 0.25) is 0 Å². The monoisotopic (exact) mass is 355 g/mol. The zero-order valence-electron chi connectivity index (χ0n) is 15.2. The van der Waals surface area contributed by atoms with Crippen LogP contribution in [0.25, 0.3) is 10.9 Å². The van der Waals surface area contributed by atoms with E-state index in [-0.39, 0.29) is 23.3 Å². The van der Waals surface area contributed by atoms with Crippen molar-refractivity contribution < 1.29 is 9.32 Å². The van der Waals surface area contributed by atoms with Crippen LogP contribution in [0.5, 0.6) is 0 Å². The van der Waals surface area contributed by atoms with Crippen molar-refractivity contribution in [3.8, 4) is 0 Å². The lowest BCUT2D eigenvalue weighted by molar-refractivity contribution is -0.116. The van der Waals surface area contributed by atoms with Gasteiger partial charge in [0.1, 0.15) is 0 Å². The average molecular weight is 355 g/mol. The highest BCUT2D eigenvalue weighted by Crippen LogP contribution is 2.19. The molecule has 26 heavy (non-hydrogen) atoms. The van der Waals surface area contributed by atoms with Gasteiger partial charge in [-0.05, 0) is 18.2 Å². The SMILES string of the molecule is Cn1cnc2ccc(NC(=O)CCc3nc(C(C)(C)C)no3)cc2c1=O. The van der Waals surface area contributed by atoms with Gasteiger partial charge in [-0.15, -0.1) is 0 Å². The van der Waals surface area contributed by atoms with E-state index in [1.54, 1.807) is 25.2 Å². The summed E-state index contributed by atoms with van der Waals surface area (Å²) in [6.07, 6.45) is 2.03. The van der Waals surface area contributed by atoms with E-state index >= 15 is 0 Å². The minimum atomic E-state index is -0.199. The number of carbonyl (C=O) groups excluding carboxylic acids is 1. The Kier molecular flexibility index (Phi) is 4.58. The molecule has 8 nitrogen and oxygen atoms in total. The molecule has 0 fully saturated rings. The van der Waals surface area contributed by atoms with Crippen LogP contribution in [-0.2, 0) is 23.7 Å². The molecule has 136 valence electrons. The molecule has 0 saturated heterocycles. The summed E-state index contributed by atoms with van der Waals surface area (Å²) in [5.74, 6) is 0.855. The molecule has 0 aliphatic carbocycles. The van der Waals surface area contributed by atoms with Gasteiger partial charge in [-0.2, -0.15) is 4.98 Å². The van der Waals surface area contributed by atoms with Crippen molar-refractivity contribution in [2.45, 2.75) is 39.0 Å². The Labute approximate surface area is 150 Å². The number of benzene rings is 1. The van der Waals surface area contributed by atoms with Crippen LogP contribution in [-0.4, -0.2) is 25.6 Å². The molecule has 0 saturated carbocycles. The van der Waals surface area contributed by atoms with Gasteiger partial charge in [-0.1, -0.05) is 25.9 Å². The molecule has 0 atom stereocenters. The summed E-state index contributed by atoms with van der Waals surface area (Å²) in [6, 6.07) is 5.06. The van der Waals surface area contributed by atoms with E-state index in [1.165, 1.54) is 10.9 Å². The topological polar surface area (TPSA) is 103 Å². The normalized spacial score (nSPS) is 11.7. The maximum Gasteiger partial charge on any atom is 0.260 e. The van der Waals surface area contributed by atoms with Gasteiger partial charge < -0.3 is 14.4 Å². The van der Waals surface area contributed by atoms with Crippen molar-refractivity contribution >= 4 is 22.5 Å². The highest BCUT2D eigenvalue weighted by molar-refractivity contribution is 5.93. The van der Waals surface area contributed by atoms with Crippen molar-refractivity contribution in [2.24, 2.45) is 7.05 Å². The fourth-order valence-electron chi connectivity index (χ4n) is 2.39. The van der Waals surface area contributed by atoms with E-state index in [0.29, 0.717) is 34.7 Å². The van der Waals surface area contributed by atoms with Gasteiger partial charge in [0.25, 0.3) is 5.56 Å². The molecule has 8 heteroatoms. The van der Waals surface area contributed by atoms with Crippen LogP contribution in [0.1, 0.15) is 38.9 Å². The number of rotatable bonds is 4. The van der Waals surface area contributed by atoms with Crippen LogP contribution >= 0.6 is 0 Å². The maximum absolute atomic E-state index is 12.2. The Morgan fingerprint density at radius 1 is 1.31 bits per heavy atom. The second kappa shape index (κ2) is 6.70. The standard InChI is InChI=1S/C18H21N5O3/c1-18(2,3)17-21-15(26-22-17)8-7-14(24)20-11-5-6-13-12(9-11)16(25)23(4)10-19-13/h5-6,9-10H,7-8H2,1-4H3,(H,20,24). The Morgan fingerprint density at radius 2 is 2.08 bits per heavy atom. The Morgan fingerprint density at radius 3 is 2.77 bits per heavy atom. The molecule has 0 aliphatic heterocycles. The zero-order valence-corrected chi connectivity index (χ0v) is 15.2. The zero-order chi connectivity index (χ0) is 18.9. The number of nitrogens with zero attached hydrogens (tertiary/aromatic N) is 4. The molecule has 0 unspecified atom stereocenters. The lowest BCUT2D eigenvalue weighted by Gasteiger charge is -2.10. The van der Waals surface area contributed by atoms with E-state index in [1.807, 2.05) is 20.8 Å². The maximum atomic E-state index is 12.2. The summed E-state index contributed by atoms with van der Waals surface area (Å²) >= 11 is 0. The number of aromatic nitrogens is 4. The van der Waals surface area contributed by atoms with E-state index in [9.17, 15) is 9.59 Å². The predicted octanol–water partition coefficient (Wildman–Crippen LogP) is 2.19. The predicted molar refractivity (Wildman–Crippen MR) is 96.9 cm³/mol. The fourth-order valence-corrected chi connectivity index (χ4v) is 2.39. The van der Waals surface area contributed by atoms with Crippen LogP contribution in [0, 0.1) is 0 Å². The first-order valence-corrected chi connectivity index (χ1v) is 8.32. The molecule has 0 aliphatic rings. The number of anilines is 1. The van der Waals surface area contributed by atoms with E-state index in [0.717, 1.165) is 0 Å². The number of hydrogen-bond donors (Lipinski definition) is 1. The van der Waals surface area contributed by atoms with Crippen molar-refractivity contribution in [2.75, 3.05) is 5.32 Å². The summed E-state index contributed by atoms with van der Waals surface area (Å²) in [7, 11) is 1.64. The fraction of sp³-hybridized carbons (Fsp3) is 0.389. The quantitative estimate of drug-likeness (QED) is 0.769. The number of nitrogens with one attached hydrogen (secondary N) is 1. The lowest BCUT2D eigenvalue weighted by atomic mass is 9.96. The summed E-state index contributed by atoms with van der Waals surface area (Å²) in [5.41, 5.74) is 0.779. The number of amides is 1. The summed E-state index contributed by atoms with van der Waals surface area (Å²) in [5, 5.41) is 7.18.